The summed E-state index contributed by atoms with van der Waals surface area (Å²) in [4.78, 5) is 0. The van der Waals surface area contributed by atoms with Crippen LogP contribution in [0, 0.1) is 0 Å². The van der Waals surface area contributed by atoms with Gasteiger partial charge in [0.1, 0.15) is 0 Å². The van der Waals surface area contributed by atoms with Crippen LogP contribution in [-0.4, -0.2) is 62.6 Å². The summed E-state index contributed by atoms with van der Waals surface area (Å²) < 4.78 is 60.2. The second kappa shape index (κ2) is 8.77. The summed E-state index contributed by atoms with van der Waals surface area (Å²) in [5.41, 5.74) is 0. The van der Waals surface area contributed by atoms with Gasteiger partial charge in [-0.25, -0.2) is 0 Å². The first kappa shape index (κ1) is 18.0. The number of aliphatic hydroxyl groups excluding tert-OH is 2. The van der Waals surface area contributed by atoms with E-state index < -0.39 is 20.8 Å². The zero-order valence-corrected chi connectivity index (χ0v) is 9.52. The SMILES string of the molecule is O=S(=O)(O)OS(=O)(=O)O.OCCOCCO. The Kier molecular flexibility index (Phi) is 9.89. The smallest absolute Gasteiger partial charge is 0.394 e. The van der Waals surface area contributed by atoms with Crippen LogP contribution in [-0.2, 0) is 29.2 Å². The van der Waals surface area contributed by atoms with Crippen LogP contribution < -0.4 is 0 Å². The van der Waals surface area contributed by atoms with Gasteiger partial charge in [-0.05, 0) is 0 Å². The molecule has 4 N–H and O–H groups in total. The van der Waals surface area contributed by atoms with Crippen LogP contribution >= 0.6 is 0 Å². The van der Waals surface area contributed by atoms with Crippen molar-refractivity contribution in [1.82, 2.24) is 0 Å². The van der Waals surface area contributed by atoms with Crippen molar-refractivity contribution in [1.29, 1.82) is 0 Å². The van der Waals surface area contributed by atoms with Crippen molar-refractivity contribution in [2.45, 2.75) is 0 Å². The second-order valence-corrected chi connectivity index (χ2v) is 4.24. The normalized spacial score (nSPS) is 11.8. The molecule has 0 aromatic rings. The Balaban J connectivity index is 0. The Bertz CT molecular complexity index is 307. The molecule has 0 atom stereocenters. The summed E-state index contributed by atoms with van der Waals surface area (Å²) >= 11 is 0. The maximum atomic E-state index is 9.44. The molecule has 0 saturated carbocycles. The third kappa shape index (κ3) is 23.5. The zero-order chi connectivity index (χ0) is 13.2. The highest BCUT2D eigenvalue weighted by Gasteiger charge is 2.15. The van der Waals surface area contributed by atoms with Crippen LogP contribution in [0.5, 0.6) is 0 Å². The van der Waals surface area contributed by atoms with Crippen molar-refractivity contribution in [2.75, 3.05) is 26.4 Å². The van der Waals surface area contributed by atoms with Crippen molar-refractivity contribution in [3.63, 3.8) is 0 Å². The van der Waals surface area contributed by atoms with Gasteiger partial charge in [0.2, 0.25) is 0 Å². The van der Waals surface area contributed by atoms with E-state index in [0.29, 0.717) is 13.2 Å². The minimum Gasteiger partial charge on any atom is -0.394 e. The van der Waals surface area contributed by atoms with Crippen LogP contribution in [0.1, 0.15) is 0 Å². The maximum absolute atomic E-state index is 9.44. The van der Waals surface area contributed by atoms with Gasteiger partial charge >= 0.3 is 20.8 Å². The molecule has 12 heteroatoms. The highest BCUT2D eigenvalue weighted by molar-refractivity contribution is 7.94. The van der Waals surface area contributed by atoms with E-state index in [1.54, 1.807) is 0 Å². The van der Waals surface area contributed by atoms with Crippen molar-refractivity contribution in [3.8, 4) is 0 Å². The topological polar surface area (TPSA) is 168 Å². The van der Waals surface area contributed by atoms with E-state index in [2.05, 4.69) is 8.37 Å². The Labute approximate surface area is 92.3 Å². The molecule has 0 aliphatic carbocycles. The predicted molar refractivity (Wildman–Crippen MR) is 49.2 cm³/mol. The standard InChI is InChI=1S/C4H10O3.H2O7S2/c5-1-3-7-4-2-6;1-8(2,3)7-9(4,5)6/h5-6H,1-4H2;(H,1,2,3)(H,4,5,6). The van der Waals surface area contributed by atoms with Crippen LogP contribution in [0.25, 0.3) is 0 Å². The molecule has 0 amide bonds. The van der Waals surface area contributed by atoms with Crippen molar-refractivity contribution >= 4 is 20.8 Å². The zero-order valence-electron chi connectivity index (χ0n) is 7.88. The highest BCUT2D eigenvalue weighted by atomic mass is 32.3. The van der Waals surface area contributed by atoms with Gasteiger partial charge in [0.05, 0.1) is 26.4 Å². The fraction of sp³-hybridized carbons (Fsp3) is 1.00. The minimum absolute atomic E-state index is 0.0278. The largest absolute Gasteiger partial charge is 0.413 e. The molecule has 100 valence electrons. The van der Waals surface area contributed by atoms with E-state index in [4.69, 9.17) is 19.3 Å². The molecule has 0 aliphatic rings. The highest BCUT2D eigenvalue weighted by Crippen LogP contribution is 1.91. The third-order valence-electron chi connectivity index (χ3n) is 0.643. The fourth-order valence-corrected chi connectivity index (χ4v) is 1.21. The first-order chi connectivity index (χ1) is 7.12. The van der Waals surface area contributed by atoms with Crippen molar-refractivity contribution < 1.29 is 44.5 Å². The number of ether oxygens (including phenoxy) is 1. The average molecular weight is 284 g/mol. The van der Waals surface area contributed by atoms with Crippen molar-refractivity contribution in [2.24, 2.45) is 0 Å². The Morgan fingerprint density at radius 3 is 1.25 bits per heavy atom. The van der Waals surface area contributed by atoms with Gasteiger partial charge < -0.3 is 14.9 Å². The van der Waals surface area contributed by atoms with E-state index in [9.17, 15) is 16.8 Å². The molecular weight excluding hydrogens is 272 g/mol. The van der Waals surface area contributed by atoms with Crippen LogP contribution in [0.4, 0.5) is 0 Å². The molecule has 0 radical (unpaired) electrons. The minimum atomic E-state index is -5.12. The first-order valence-corrected chi connectivity index (χ1v) is 6.31. The second-order valence-electron chi connectivity index (χ2n) is 1.98. The Morgan fingerprint density at radius 1 is 0.812 bits per heavy atom. The van der Waals surface area contributed by atoms with E-state index in [-0.39, 0.29) is 13.2 Å². The predicted octanol–water partition coefficient (Wildman–Crippen LogP) is -2.40. The molecule has 0 rings (SSSR count). The molecule has 0 saturated heterocycles. The number of hydrogen-bond acceptors (Lipinski definition) is 8. The lowest BCUT2D eigenvalue weighted by Gasteiger charge is -1.94. The van der Waals surface area contributed by atoms with E-state index in [1.165, 1.54) is 0 Å². The Hall–Kier alpha value is -0.340. The molecule has 0 bridgehead atoms. The number of hydrogen-bond donors (Lipinski definition) is 4. The summed E-state index contributed by atoms with van der Waals surface area (Å²) in [6, 6.07) is 0. The lowest BCUT2D eigenvalue weighted by Crippen LogP contribution is -2.10. The van der Waals surface area contributed by atoms with Gasteiger partial charge in [0.25, 0.3) is 0 Å². The van der Waals surface area contributed by atoms with E-state index in [1.807, 2.05) is 0 Å². The Morgan fingerprint density at radius 2 is 1.12 bits per heavy atom. The third-order valence-corrected chi connectivity index (χ3v) is 2.02. The van der Waals surface area contributed by atoms with Gasteiger partial charge in [-0.3, -0.25) is 9.11 Å². The summed E-state index contributed by atoms with van der Waals surface area (Å²) in [5.74, 6) is 0. The molecule has 0 aliphatic heterocycles. The molecule has 0 aromatic carbocycles. The molecule has 0 fully saturated rings. The van der Waals surface area contributed by atoms with Crippen LogP contribution in [0.2, 0.25) is 0 Å². The van der Waals surface area contributed by atoms with Crippen molar-refractivity contribution in [3.05, 3.63) is 0 Å². The van der Waals surface area contributed by atoms with E-state index >= 15 is 0 Å². The number of aliphatic hydroxyl groups is 2. The summed E-state index contributed by atoms with van der Waals surface area (Å²) in [6.45, 7) is 0.696. The monoisotopic (exact) mass is 284 g/mol. The molecule has 0 unspecified atom stereocenters. The summed E-state index contributed by atoms with van der Waals surface area (Å²) in [7, 11) is -10.2. The molecule has 10 nitrogen and oxygen atoms in total. The van der Waals surface area contributed by atoms with Gasteiger partial charge in [-0.2, -0.15) is 16.8 Å². The van der Waals surface area contributed by atoms with Gasteiger partial charge in [-0.15, -0.1) is 3.63 Å². The quantitative estimate of drug-likeness (QED) is 0.304. The molecule has 0 heterocycles. The van der Waals surface area contributed by atoms with Gasteiger partial charge in [-0.1, -0.05) is 0 Å². The molecule has 0 spiro atoms. The molecule has 16 heavy (non-hydrogen) atoms. The fourth-order valence-electron chi connectivity index (χ4n) is 0.340. The average Bonchev–Trinajstić information content (AvgIpc) is 1.99. The maximum Gasteiger partial charge on any atom is 0.413 e. The number of rotatable bonds is 6. The molecular formula is C4H12O10S2. The van der Waals surface area contributed by atoms with Gasteiger partial charge in [0.15, 0.2) is 0 Å². The lowest BCUT2D eigenvalue weighted by molar-refractivity contribution is 0.0650. The summed E-state index contributed by atoms with van der Waals surface area (Å²) in [5, 5.41) is 16.2. The lowest BCUT2D eigenvalue weighted by atomic mass is 10.7. The van der Waals surface area contributed by atoms with E-state index in [0.717, 1.165) is 0 Å². The van der Waals surface area contributed by atoms with Crippen LogP contribution in [0.15, 0.2) is 0 Å². The van der Waals surface area contributed by atoms with Crippen LogP contribution in [0.3, 0.4) is 0 Å². The molecule has 0 aromatic heterocycles. The first-order valence-electron chi connectivity index (χ1n) is 3.57. The summed E-state index contributed by atoms with van der Waals surface area (Å²) in [6.07, 6.45) is 0. The van der Waals surface area contributed by atoms with Gasteiger partial charge in [0, 0.05) is 0 Å².